The van der Waals surface area contributed by atoms with E-state index in [-0.39, 0.29) is 26.7 Å². The van der Waals surface area contributed by atoms with Crippen LogP contribution in [0.4, 0.5) is 10.1 Å². The van der Waals surface area contributed by atoms with Gasteiger partial charge in [-0.2, -0.15) is 0 Å². The highest BCUT2D eigenvalue weighted by Gasteiger charge is 2.23. The molecule has 0 fully saturated rings. The number of hydrogen-bond acceptors (Lipinski definition) is 5. The molecule has 0 aliphatic carbocycles. The van der Waals surface area contributed by atoms with E-state index in [0.717, 1.165) is 6.07 Å². The van der Waals surface area contributed by atoms with Crippen molar-refractivity contribution < 1.29 is 27.1 Å². The number of benzene rings is 3. The number of nitrogens with one attached hydrogen (secondary N) is 1. The van der Waals surface area contributed by atoms with Crippen molar-refractivity contribution in [3.63, 3.8) is 0 Å². The smallest absolute Gasteiger partial charge is 0.262 e. The molecular formula is C21H15ClFNO5S. The van der Waals surface area contributed by atoms with Crippen molar-refractivity contribution in [2.75, 3.05) is 17.9 Å². The average molecular weight is 448 g/mol. The van der Waals surface area contributed by atoms with Crippen LogP contribution in [0.15, 0.2) is 65.6 Å². The van der Waals surface area contributed by atoms with Gasteiger partial charge >= 0.3 is 0 Å². The second-order valence-corrected chi connectivity index (χ2v) is 8.53. The molecule has 1 aliphatic heterocycles. The first kappa shape index (κ1) is 20.2. The van der Waals surface area contributed by atoms with Crippen molar-refractivity contribution in [3.05, 3.63) is 82.6 Å². The molecule has 0 amide bonds. The van der Waals surface area contributed by atoms with Gasteiger partial charge in [-0.3, -0.25) is 9.52 Å². The van der Waals surface area contributed by atoms with Gasteiger partial charge in [-0.1, -0.05) is 23.7 Å². The minimum atomic E-state index is -4.08. The molecule has 9 heteroatoms. The molecule has 0 spiro atoms. The highest BCUT2D eigenvalue weighted by molar-refractivity contribution is 7.92. The van der Waals surface area contributed by atoms with Gasteiger partial charge in [-0.05, 0) is 42.5 Å². The maximum absolute atomic E-state index is 14.1. The van der Waals surface area contributed by atoms with Gasteiger partial charge in [0.2, 0.25) is 0 Å². The van der Waals surface area contributed by atoms with Crippen molar-refractivity contribution in [1.82, 2.24) is 0 Å². The highest BCUT2D eigenvalue weighted by Crippen LogP contribution is 2.33. The summed E-state index contributed by atoms with van der Waals surface area (Å²) in [6.45, 7) is 0.687. The monoisotopic (exact) mass is 447 g/mol. The number of hydrogen-bond donors (Lipinski definition) is 1. The van der Waals surface area contributed by atoms with Crippen LogP contribution >= 0.6 is 11.6 Å². The summed E-state index contributed by atoms with van der Waals surface area (Å²) in [6.07, 6.45) is 0. The molecule has 0 saturated carbocycles. The molecule has 1 aliphatic rings. The van der Waals surface area contributed by atoms with Gasteiger partial charge in [0, 0.05) is 16.7 Å². The van der Waals surface area contributed by atoms with E-state index in [4.69, 9.17) is 21.1 Å². The summed E-state index contributed by atoms with van der Waals surface area (Å²) in [7, 11) is -4.08. The number of sulfonamides is 1. The second kappa shape index (κ2) is 7.97. The third-order valence-electron chi connectivity index (χ3n) is 4.41. The molecule has 1 heterocycles. The van der Waals surface area contributed by atoms with Crippen molar-refractivity contribution in [2.24, 2.45) is 0 Å². The summed E-state index contributed by atoms with van der Waals surface area (Å²) in [5, 5.41) is 0.206. The summed E-state index contributed by atoms with van der Waals surface area (Å²) in [4.78, 5) is 12.8. The van der Waals surface area contributed by atoms with E-state index in [0.29, 0.717) is 24.7 Å². The Morgan fingerprint density at radius 2 is 1.67 bits per heavy atom. The zero-order valence-electron chi connectivity index (χ0n) is 15.4. The lowest BCUT2D eigenvalue weighted by Gasteiger charge is -2.19. The Hall–Kier alpha value is -3.10. The molecule has 0 unspecified atom stereocenters. The Morgan fingerprint density at radius 1 is 0.933 bits per heavy atom. The summed E-state index contributed by atoms with van der Waals surface area (Å²) in [5.74, 6) is -0.663. The third kappa shape index (κ3) is 3.96. The number of halogens is 2. The minimum absolute atomic E-state index is 0.0254. The summed E-state index contributed by atoms with van der Waals surface area (Å²) >= 11 is 6.00. The lowest BCUT2D eigenvalue weighted by molar-refractivity contribution is 0.103. The topological polar surface area (TPSA) is 81.7 Å². The maximum Gasteiger partial charge on any atom is 0.262 e. The molecule has 0 aromatic heterocycles. The van der Waals surface area contributed by atoms with Crippen LogP contribution in [0.3, 0.4) is 0 Å². The number of fused-ring (bicyclic) bond motifs is 1. The van der Waals surface area contributed by atoms with Crippen LogP contribution in [0.1, 0.15) is 15.9 Å². The van der Waals surface area contributed by atoms with Gasteiger partial charge < -0.3 is 9.47 Å². The van der Waals surface area contributed by atoms with Crippen molar-refractivity contribution in [2.45, 2.75) is 4.90 Å². The van der Waals surface area contributed by atoms with Crippen LogP contribution in [-0.4, -0.2) is 27.4 Å². The SMILES string of the molecule is O=C(c1ccccc1F)c1cc(Cl)ccc1NS(=O)(=O)c1ccc2c(c1)OCCO2. The van der Waals surface area contributed by atoms with Gasteiger partial charge in [-0.25, -0.2) is 12.8 Å². The van der Waals surface area contributed by atoms with E-state index in [1.165, 1.54) is 54.6 Å². The molecule has 4 rings (SSSR count). The third-order valence-corrected chi connectivity index (χ3v) is 6.01. The first-order valence-electron chi connectivity index (χ1n) is 8.86. The lowest BCUT2D eigenvalue weighted by atomic mass is 10.0. The van der Waals surface area contributed by atoms with Gasteiger partial charge in [0.05, 0.1) is 16.1 Å². The molecule has 0 atom stereocenters. The highest BCUT2D eigenvalue weighted by atomic mass is 35.5. The molecule has 30 heavy (non-hydrogen) atoms. The standard InChI is InChI=1S/C21H15ClFNO5S/c22-13-5-7-18(16(11-13)21(25)15-3-1-2-4-17(15)23)24-30(26,27)14-6-8-19-20(12-14)29-10-9-28-19/h1-8,11-12,24H,9-10H2. The predicted molar refractivity (Wildman–Crippen MR) is 110 cm³/mol. The fourth-order valence-electron chi connectivity index (χ4n) is 2.98. The molecule has 3 aromatic rings. The fourth-order valence-corrected chi connectivity index (χ4v) is 4.25. The van der Waals surface area contributed by atoms with Crippen molar-refractivity contribution >= 4 is 33.1 Å². The predicted octanol–water partition coefficient (Wildman–Crippen LogP) is 4.28. The molecule has 0 radical (unpaired) electrons. The summed E-state index contributed by atoms with van der Waals surface area (Å²) < 4.78 is 53.2. The minimum Gasteiger partial charge on any atom is -0.486 e. The van der Waals surface area contributed by atoms with Gasteiger partial charge in [0.15, 0.2) is 17.3 Å². The molecular weight excluding hydrogens is 433 g/mol. The van der Waals surface area contributed by atoms with E-state index in [1.54, 1.807) is 0 Å². The number of ketones is 1. The average Bonchev–Trinajstić information content (AvgIpc) is 2.74. The molecule has 154 valence electrons. The fraction of sp³-hybridized carbons (Fsp3) is 0.0952. The van der Waals surface area contributed by atoms with Gasteiger partial charge in [0.1, 0.15) is 19.0 Å². The quantitative estimate of drug-likeness (QED) is 0.590. The van der Waals surface area contributed by atoms with Gasteiger partial charge in [-0.15, -0.1) is 0 Å². The van der Waals surface area contributed by atoms with E-state index < -0.39 is 21.6 Å². The van der Waals surface area contributed by atoms with E-state index in [9.17, 15) is 17.6 Å². The number of carbonyl (C=O) groups is 1. The molecule has 0 saturated heterocycles. The van der Waals surface area contributed by atoms with Crippen LogP contribution in [-0.2, 0) is 10.0 Å². The van der Waals surface area contributed by atoms with Crippen LogP contribution in [0.25, 0.3) is 0 Å². The normalized spacial score (nSPS) is 13.0. The zero-order chi connectivity index (χ0) is 21.3. The Balaban J connectivity index is 1.71. The largest absolute Gasteiger partial charge is 0.486 e. The Kier molecular flexibility index (Phi) is 5.36. The Morgan fingerprint density at radius 3 is 2.43 bits per heavy atom. The molecule has 3 aromatic carbocycles. The summed E-state index contributed by atoms with van der Waals surface area (Å²) in [6, 6.07) is 13.7. The number of anilines is 1. The molecule has 6 nitrogen and oxygen atoms in total. The van der Waals surface area contributed by atoms with E-state index >= 15 is 0 Å². The maximum atomic E-state index is 14.1. The number of carbonyl (C=O) groups excluding carboxylic acids is 1. The number of rotatable bonds is 5. The summed E-state index contributed by atoms with van der Waals surface area (Å²) in [5.41, 5.74) is -0.296. The van der Waals surface area contributed by atoms with E-state index in [2.05, 4.69) is 4.72 Å². The van der Waals surface area contributed by atoms with Crippen molar-refractivity contribution in [1.29, 1.82) is 0 Å². The van der Waals surface area contributed by atoms with Crippen molar-refractivity contribution in [3.8, 4) is 11.5 Å². The number of ether oxygens (including phenoxy) is 2. The van der Waals surface area contributed by atoms with Crippen LogP contribution in [0.2, 0.25) is 5.02 Å². The molecule has 1 N–H and O–H groups in total. The Labute approximate surface area is 177 Å². The first-order valence-corrected chi connectivity index (χ1v) is 10.7. The first-order chi connectivity index (χ1) is 14.3. The Bertz CT molecular complexity index is 1250. The van der Waals surface area contributed by atoms with Gasteiger partial charge in [0.25, 0.3) is 10.0 Å². The molecule has 0 bridgehead atoms. The zero-order valence-corrected chi connectivity index (χ0v) is 17.0. The van der Waals surface area contributed by atoms with Crippen LogP contribution in [0.5, 0.6) is 11.5 Å². The van der Waals surface area contributed by atoms with E-state index in [1.807, 2.05) is 0 Å². The van der Waals surface area contributed by atoms with Crippen LogP contribution < -0.4 is 14.2 Å². The van der Waals surface area contributed by atoms with Crippen LogP contribution in [0, 0.1) is 5.82 Å². The lowest BCUT2D eigenvalue weighted by Crippen LogP contribution is -2.18. The second-order valence-electron chi connectivity index (χ2n) is 6.41.